The number of hydrogen-bond donors (Lipinski definition) is 1. The SMILES string of the molecule is CCCCN(C)c1cc(C(F)(F)F)c(-c2cnc3c(Nc4ccc(C(F)(F)F)cn4)ccnc3n2)nn1. The molecule has 1 N–H and O–H groups in total. The third-order valence-electron chi connectivity index (χ3n) is 5.37. The maximum absolute atomic E-state index is 13.9. The molecular weight excluding hydrogens is 502 g/mol. The molecule has 0 aromatic carbocycles. The number of hydrogen-bond acceptors (Lipinski definition) is 8. The van der Waals surface area contributed by atoms with E-state index in [0.717, 1.165) is 37.2 Å². The summed E-state index contributed by atoms with van der Waals surface area (Å²) in [6.45, 7) is 2.49. The summed E-state index contributed by atoms with van der Waals surface area (Å²) in [5.74, 6) is 0.173. The van der Waals surface area contributed by atoms with Gasteiger partial charge in [-0.3, -0.25) is 0 Å². The number of anilines is 3. The molecule has 0 aliphatic rings. The van der Waals surface area contributed by atoms with Crippen molar-refractivity contribution in [1.82, 2.24) is 30.1 Å². The molecule has 194 valence electrons. The third kappa shape index (κ3) is 5.84. The average Bonchev–Trinajstić information content (AvgIpc) is 2.86. The van der Waals surface area contributed by atoms with Gasteiger partial charge in [0.05, 0.1) is 23.0 Å². The van der Waals surface area contributed by atoms with Crippen molar-refractivity contribution in [2.45, 2.75) is 32.1 Å². The van der Waals surface area contributed by atoms with Crippen molar-refractivity contribution < 1.29 is 26.3 Å². The van der Waals surface area contributed by atoms with Crippen LogP contribution in [0.3, 0.4) is 0 Å². The first-order valence-corrected chi connectivity index (χ1v) is 11.1. The van der Waals surface area contributed by atoms with Crippen LogP contribution in [0.25, 0.3) is 22.6 Å². The van der Waals surface area contributed by atoms with Gasteiger partial charge in [0, 0.05) is 26.0 Å². The van der Waals surface area contributed by atoms with E-state index in [2.05, 4.69) is 35.5 Å². The Hall–Kier alpha value is -4.10. The fourth-order valence-corrected chi connectivity index (χ4v) is 3.39. The summed E-state index contributed by atoms with van der Waals surface area (Å²) in [5, 5.41) is 10.6. The van der Waals surface area contributed by atoms with Crippen LogP contribution in [0.1, 0.15) is 30.9 Å². The van der Waals surface area contributed by atoms with Gasteiger partial charge < -0.3 is 10.2 Å². The van der Waals surface area contributed by atoms with E-state index in [9.17, 15) is 26.3 Å². The molecule has 0 saturated heterocycles. The largest absolute Gasteiger partial charge is 0.418 e. The molecule has 8 nitrogen and oxygen atoms in total. The predicted octanol–water partition coefficient (Wildman–Crippen LogP) is 5.89. The van der Waals surface area contributed by atoms with Gasteiger partial charge in [-0.1, -0.05) is 13.3 Å². The number of unbranched alkanes of at least 4 members (excludes halogenated alkanes) is 1. The summed E-state index contributed by atoms with van der Waals surface area (Å²) in [4.78, 5) is 17.8. The summed E-state index contributed by atoms with van der Waals surface area (Å²) in [6, 6.07) is 4.41. The first-order valence-electron chi connectivity index (χ1n) is 11.1. The Morgan fingerprint density at radius 3 is 2.35 bits per heavy atom. The zero-order chi connectivity index (χ0) is 26.8. The summed E-state index contributed by atoms with van der Waals surface area (Å²) < 4.78 is 80.1. The Morgan fingerprint density at radius 2 is 1.70 bits per heavy atom. The lowest BCUT2D eigenvalue weighted by Gasteiger charge is -2.19. The van der Waals surface area contributed by atoms with Gasteiger partial charge in [-0.05, 0) is 30.7 Å². The van der Waals surface area contributed by atoms with Crippen molar-refractivity contribution >= 4 is 28.5 Å². The maximum Gasteiger partial charge on any atom is 0.418 e. The van der Waals surface area contributed by atoms with Crippen molar-refractivity contribution in [2.24, 2.45) is 0 Å². The fraction of sp³-hybridized carbons (Fsp3) is 0.304. The van der Waals surface area contributed by atoms with E-state index in [4.69, 9.17) is 0 Å². The highest BCUT2D eigenvalue weighted by Crippen LogP contribution is 2.37. The molecule has 0 radical (unpaired) electrons. The molecule has 4 heterocycles. The van der Waals surface area contributed by atoms with E-state index in [1.54, 1.807) is 11.9 Å². The first kappa shape index (κ1) is 26.0. The minimum absolute atomic E-state index is 0.00604. The second-order valence-corrected chi connectivity index (χ2v) is 8.08. The van der Waals surface area contributed by atoms with Crippen molar-refractivity contribution in [1.29, 1.82) is 0 Å². The third-order valence-corrected chi connectivity index (χ3v) is 5.37. The molecule has 4 aromatic heterocycles. The van der Waals surface area contributed by atoms with E-state index in [1.165, 1.54) is 12.3 Å². The predicted molar refractivity (Wildman–Crippen MR) is 124 cm³/mol. The lowest BCUT2D eigenvalue weighted by molar-refractivity contribution is -0.138. The first-order chi connectivity index (χ1) is 17.5. The number of pyridine rings is 2. The quantitative estimate of drug-likeness (QED) is 0.300. The summed E-state index contributed by atoms with van der Waals surface area (Å²) in [7, 11) is 1.64. The zero-order valence-electron chi connectivity index (χ0n) is 19.6. The molecule has 0 amide bonds. The van der Waals surface area contributed by atoms with Crippen LogP contribution in [-0.4, -0.2) is 43.7 Å². The minimum atomic E-state index is -4.73. The number of rotatable bonds is 7. The standard InChI is InChI=1S/C23H20F6N8/c1-3-4-9-37(2)18-10-14(23(27,28)29)19(36-35-18)16-12-32-20-15(7-8-30-21(20)34-16)33-17-6-5-13(11-31-17)22(24,25)26/h5-8,10-12H,3-4,9H2,1-2H3,(H,30,31,33,34). The Labute approximate surface area is 206 Å². The second-order valence-electron chi connectivity index (χ2n) is 8.08. The summed E-state index contributed by atoms with van der Waals surface area (Å²) in [6.07, 6.45) is -4.50. The molecule has 0 bridgehead atoms. The number of nitrogens with one attached hydrogen (secondary N) is 1. The van der Waals surface area contributed by atoms with Gasteiger partial charge >= 0.3 is 12.4 Å². The molecule has 0 fully saturated rings. The van der Waals surface area contributed by atoms with Gasteiger partial charge in [0.1, 0.15) is 22.7 Å². The van der Waals surface area contributed by atoms with E-state index in [0.29, 0.717) is 18.4 Å². The van der Waals surface area contributed by atoms with E-state index in [1.807, 2.05) is 6.92 Å². The van der Waals surface area contributed by atoms with Crippen LogP contribution in [0.15, 0.2) is 42.9 Å². The van der Waals surface area contributed by atoms with E-state index in [-0.39, 0.29) is 28.5 Å². The Morgan fingerprint density at radius 1 is 0.919 bits per heavy atom. The normalized spacial score (nSPS) is 12.1. The maximum atomic E-state index is 13.9. The smallest absolute Gasteiger partial charge is 0.358 e. The number of nitrogens with zero attached hydrogens (tertiary/aromatic N) is 7. The molecule has 0 spiro atoms. The number of alkyl halides is 6. The topological polar surface area (TPSA) is 92.6 Å². The molecule has 0 atom stereocenters. The van der Waals surface area contributed by atoms with Crippen LogP contribution in [0.5, 0.6) is 0 Å². The van der Waals surface area contributed by atoms with Crippen LogP contribution < -0.4 is 10.2 Å². The average molecular weight is 522 g/mol. The van der Waals surface area contributed by atoms with Gasteiger partial charge in [0.15, 0.2) is 11.5 Å². The highest BCUT2D eigenvalue weighted by molar-refractivity contribution is 5.87. The molecule has 14 heteroatoms. The van der Waals surface area contributed by atoms with Crippen LogP contribution in [0, 0.1) is 0 Å². The van der Waals surface area contributed by atoms with Crippen LogP contribution in [-0.2, 0) is 12.4 Å². The van der Waals surface area contributed by atoms with E-state index >= 15 is 0 Å². The Balaban J connectivity index is 1.68. The molecule has 4 aromatic rings. The van der Waals surface area contributed by atoms with E-state index < -0.39 is 29.2 Å². The Bertz CT molecular complexity index is 1390. The molecule has 0 saturated carbocycles. The van der Waals surface area contributed by atoms with Crippen molar-refractivity contribution in [3.8, 4) is 11.4 Å². The van der Waals surface area contributed by atoms with Crippen molar-refractivity contribution in [3.05, 3.63) is 54.0 Å². The minimum Gasteiger partial charge on any atom is -0.358 e. The number of halogens is 6. The van der Waals surface area contributed by atoms with Crippen molar-refractivity contribution in [3.63, 3.8) is 0 Å². The van der Waals surface area contributed by atoms with Gasteiger partial charge in [-0.15, -0.1) is 10.2 Å². The fourth-order valence-electron chi connectivity index (χ4n) is 3.39. The van der Waals surface area contributed by atoms with Crippen LogP contribution in [0.4, 0.5) is 43.7 Å². The molecule has 4 rings (SSSR count). The van der Waals surface area contributed by atoms with Gasteiger partial charge in [-0.2, -0.15) is 26.3 Å². The molecule has 0 aliphatic heterocycles. The van der Waals surface area contributed by atoms with Crippen LogP contribution in [0.2, 0.25) is 0 Å². The molecule has 0 unspecified atom stereocenters. The lowest BCUT2D eigenvalue weighted by Crippen LogP contribution is -2.21. The molecular formula is C23H20F6N8. The second kappa shape index (κ2) is 10.1. The highest BCUT2D eigenvalue weighted by Gasteiger charge is 2.36. The monoisotopic (exact) mass is 522 g/mol. The molecule has 37 heavy (non-hydrogen) atoms. The van der Waals surface area contributed by atoms with Gasteiger partial charge in [-0.25, -0.2) is 19.9 Å². The Kier molecular flexibility index (Phi) is 7.09. The van der Waals surface area contributed by atoms with Gasteiger partial charge in [0.2, 0.25) is 0 Å². The lowest BCUT2D eigenvalue weighted by atomic mass is 10.1. The molecule has 0 aliphatic carbocycles. The summed E-state index contributed by atoms with van der Waals surface area (Å²) >= 11 is 0. The highest BCUT2D eigenvalue weighted by atomic mass is 19.4. The summed E-state index contributed by atoms with van der Waals surface area (Å²) in [5.41, 5.74) is -2.15. The number of aromatic nitrogens is 6. The van der Waals surface area contributed by atoms with Crippen molar-refractivity contribution in [2.75, 3.05) is 23.8 Å². The number of fused-ring (bicyclic) bond motifs is 1. The zero-order valence-corrected chi connectivity index (χ0v) is 19.6. The van der Waals surface area contributed by atoms with Crippen LogP contribution >= 0.6 is 0 Å². The van der Waals surface area contributed by atoms with Gasteiger partial charge in [0.25, 0.3) is 0 Å².